The summed E-state index contributed by atoms with van der Waals surface area (Å²) in [6.45, 7) is 0.172. The first kappa shape index (κ1) is 23.4. The fourth-order valence-electron chi connectivity index (χ4n) is 3.38. The largest absolute Gasteiger partial charge is 0.489 e. The molecule has 0 aliphatic carbocycles. The molecule has 0 bridgehead atoms. The van der Waals surface area contributed by atoms with E-state index in [1.54, 1.807) is 36.4 Å². The van der Waals surface area contributed by atoms with Crippen LogP contribution in [0.1, 0.15) is 21.5 Å². The Morgan fingerprint density at radius 3 is 2.37 bits per heavy atom. The molecule has 0 radical (unpaired) electrons. The highest BCUT2D eigenvalue weighted by atomic mass is 19.1. The van der Waals surface area contributed by atoms with E-state index >= 15 is 0 Å². The molecule has 1 aliphatic heterocycles. The highest BCUT2D eigenvalue weighted by Crippen LogP contribution is 2.23. The fraction of sp³-hybridized carbons (Fsp3) is 0.0769. The number of hydrogen-bond acceptors (Lipinski definition) is 6. The van der Waals surface area contributed by atoms with Crippen LogP contribution in [0.4, 0.5) is 14.9 Å². The third kappa shape index (κ3) is 5.25. The van der Waals surface area contributed by atoms with Crippen LogP contribution in [0.5, 0.6) is 5.75 Å². The summed E-state index contributed by atoms with van der Waals surface area (Å²) < 4.78 is 23.6. The van der Waals surface area contributed by atoms with Gasteiger partial charge in [0.1, 0.15) is 23.7 Å². The molecule has 0 spiro atoms. The molecule has 9 heteroatoms. The average molecular weight is 474 g/mol. The van der Waals surface area contributed by atoms with E-state index in [2.05, 4.69) is 10.1 Å². The van der Waals surface area contributed by atoms with Crippen LogP contribution < -0.4 is 15.0 Å². The number of ether oxygens (including phenoxy) is 2. The van der Waals surface area contributed by atoms with Gasteiger partial charge in [-0.2, -0.15) is 0 Å². The Balaban J connectivity index is 1.51. The lowest BCUT2D eigenvalue weighted by Gasteiger charge is -2.26. The zero-order valence-corrected chi connectivity index (χ0v) is 18.5. The number of esters is 1. The van der Waals surface area contributed by atoms with Gasteiger partial charge >= 0.3 is 12.0 Å². The van der Waals surface area contributed by atoms with Crippen molar-refractivity contribution in [2.75, 3.05) is 12.0 Å². The lowest BCUT2D eigenvalue weighted by Crippen LogP contribution is -2.54. The fourth-order valence-corrected chi connectivity index (χ4v) is 3.38. The third-order valence-corrected chi connectivity index (χ3v) is 5.13. The molecule has 1 aliphatic rings. The molecule has 0 unspecified atom stereocenters. The molecule has 1 heterocycles. The van der Waals surface area contributed by atoms with E-state index in [4.69, 9.17) is 4.74 Å². The molecular formula is C26H19FN2O6. The van der Waals surface area contributed by atoms with Crippen molar-refractivity contribution in [3.63, 3.8) is 0 Å². The van der Waals surface area contributed by atoms with E-state index in [0.29, 0.717) is 16.9 Å². The lowest BCUT2D eigenvalue weighted by molar-refractivity contribution is -0.122. The van der Waals surface area contributed by atoms with Crippen LogP contribution in [0.15, 0.2) is 78.4 Å². The van der Waals surface area contributed by atoms with Gasteiger partial charge in [-0.05, 0) is 65.7 Å². The topological polar surface area (TPSA) is 102 Å². The molecule has 8 nitrogen and oxygen atoms in total. The summed E-state index contributed by atoms with van der Waals surface area (Å²) in [7, 11) is 1.24. The van der Waals surface area contributed by atoms with Crippen LogP contribution >= 0.6 is 0 Å². The van der Waals surface area contributed by atoms with Gasteiger partial charge in [-0.15, -0.1) is 0 Å². The van der Waals surface area contributed by atoms with E-state index in [0.717, 1.165) is 4.90 Å². The zero-order valence-electron chi connectivity index (χ0n) is 18.5. The van der Waals surface area contributed by atoms with Crippen molar-refractivity contribution in [2.45, 2.75) is 6.61 Å². The number of carbonyl (C=O) groups is 4. The van der Waals surface area contributed by atoms with Crippen molar-refractivity contribution in [1.29, 1.82) is 0 Å². The molecule has 0 atom stereocenters. The molecule has 3 aromatic carbocycles. The predicted octanol–water partition coefficient (Wildman–Crippen LogP) is 3.86. The molecule has 176 valence electrons. The molecule has 0 aromatic heterocycles. The Morgan fingerprint density at radius 2 is 1.71 bits per heavy atom. The number of barbiturate groups is 1. The minimum Gasteiger partial charge on any atom is -0.489 e. The van der Waals surface area contributed by atoms with Crippen LogP contribution in [0.3, 0.4) is 0 Å². The zero-order chi connectivity index (χ0) is 24.9. The maximum absolute atomic E-state index is 13.3. The van der Waals surface area contributed by atoms with Gasteiger partial charge in [0, 0.05) is 0 Å². The highest BCUT2D eigenvalue weighted by molar-refractivity contribution is 6.39. The van der Waals surface area contributed by atoms with Crippen LogP contribution in [-0.2, 0) is 20.9 Å². The van der Waals surface area contributed by atoms with Crippen LogP contribution in [-0.4, -0.2) is 30.9 Å². The Bertz CT molecular complexity index is 1330. The monoisotopic (exact) mass is 474 g/mol. The van der Waals surface area contributed by atoms with E-state index in [1.807, 2.05) is 0 Å². The van der Waals surface area contributed by atoms with Crippen molar-refractivity contribution in [1.82, 2.24) is 5.32 Å². The van der Waals surface area contributed by atoms with Crippen molar-refractivity contribution < 1.29 is 33.0 Å². The summed E-state index contributed by atoms with van der Waals surface area (Å²) in [6, 6.07) is 17.4. The maximum Gasteiger partial charge on any atom is 0.337 e. The maximum atomic E-state index is 13.3. The minimum atomic E-state index is -0.899. The molecular weight excluding hydrogens is 455 g/mol. The summed E-state index contributed by atoms with van der Waals surface area (Å²) in [6.07, 6.45) is 1.36. The van der Waals surface area contributed by atoms with Gasteiger partial charge < -0.3 is 9.47 Å². The van der Waals surface area contributed by atoms with Gasteiger partial charge in [0.15, 0.2) is 0 Å². The number of halogens is 1. The van der Waals surface area contributed by atoms with Gasteiger partial charge in [0.05, 0.1) is 18.4 Å². The first-order valence-electron chi connectivity index (χ1n) is 10.4. The van der Waals surface area contributed by atoms with Crippen LogP contribution in [0, 0.1) is 5.82 Å². The van der Waals surface area contributed by atoms with Gasteiger partial charge in [-0.3, -0.25) is 14.9 Å². The molecule has 0 saturated carbocycles. The van der Waals surface area contributed by atoms with Crippen LogP contribution in [0.2, 0.25) is 0 Å². The van der Waals surface area contributed by atoms with Crippen molar-refractivity contribution >= 4 is 35.6 Å². The van der Waals surface area contributed by atoms with E-state index in [1.165, 1.54) is 49.6 Å². The molecule has 1 saturated heterocycles. The number of anilines is 1. The first-order chi connectivity index (χ1) is 16.9. The van der Waals surface area contributed by atoms with Crippen molar-refractivity contribution in [3.05, 3.63) is 101 Å². The van der Waals surface area contributed by atoms with Crippen molar-refractivity contribution in [2.24, 2.45) is 0 Å². The number of hydrogen-bond donors (Lipinski definition) is 1. The normalized spacial score (nSPS) is 14.6. The molecule has 4 amide bonds. The number of methoxy groups -OCH3 is 1. The van der Waals surface area contributed by atoms with E-state index < -0.39 is 23.8 Å². The quantitative estimate of drug-likeness (QED) is 0.331. The van der Waals surface area contributed by atoms with Gasteiger partial charge in [0.25, 0.3) is 11.8 Å². The van der Waals surface area contributed by atoms with Gasteiger partial charge in [-0.25, -0.2) is 18.9 Å². The Hall–Kier alpha value is -4.79. The molecule has 1 fully saturated rings. The lowest BCUT2D eigenvalue weighted by atomic mass is 10.1. The third-order valence-electron chi connectivity index (χ3n) is 5.13. The van der Waals surface area contributed by atoms with Crippen LogP contribution in [0.25, 0.3) is 6.08 Å². The first-order valence-corrected chi connectivity index (χ1v) is 10.4. The summed E-state index contributed by atoms with van der Waals surface area (Å²) in [5, 5.41) is 2.14. The molecule has 1 N–H and O–H groups in total. The second-order valence-electron chi connectivity index (χ2n) is 7.48. The number of nitrogens with one attached hydrogen (secondary N) is 1. The second kappa shape index (κ2) is 10.0. The molecule has 4 rings (SSSR count). The number of benzene rings is 3. The summed E-state index contributed by atoms with van der Waals surface area (Å²) in [5.74, 6) is -2.04. The smallest absolute Gasteiger partial charge is 0.337 e. The number of carbonyl (C=O) groups excluding carboxylic acids is 4. The summed E-state index contributed by atoms with van der Waals surface area (Å²) in [4.78, 5) is 50.2. The second-order valence-corrected chi connectivity index (χ2v) is 7.48. The number of nitrogens with zero attached hydrogens (tertiary/aromatic N) is 1. The average Bonchev–Trinajstić information content (AvgIpc) is 2.86. The number of amides is 4. The predicted molar refractivity (Wildman–Crippen MR) is 124 cm³/mol. The van der Waals surface area contributed by atoms with E-state index in [9.17, 15) is 23.6 Å². The Morgan fingerprint density at radius 1 is 1.00 bits per heavy atom. The number of imide groups is 2. The Kier molecular flexibility index (Phi) is 6.68. The summed E-state index contributed by atoms with van der Waals surface area (Å²) in [5.41, 5.74) is 1.38. The number of urea groups is 1. The van der Waals surface area contributed by atoms with Gasteiger partial charge in [-0.1, -0.05) is 24.3 Å². The molecule has 3 aromatic rings. The molecule has 35 heavy (non-hydrogen) atoms. The highest BCUT2D eigenvalue weighted by Gasteiger charge is 2.36. The number of rotatable bonds is 6. The van der Waals surface area contributed by atoms with Crippen molar-refractivity contribution in [3.8, 4) is 5.75 Å². The standard InChI is InChI=1S/C26H19FN2O6/c1-34-25(32)18-7-9-20(10-8-18)29-24(31)22(23(30)28-26(29)33)14-16-5-11-21(12-6-16)35-15-17-3-2-4-19(27)13-17/h2-14H,15H2,1H3,(H,28,30,33)/b22-14+. The minimum absolute atomic E-state index is 0.172. The summed E-state index contributed by atoms with van der Waals surface area (Å²) >= 11 is 0. The Labute approximate surface area is 199 Å². The van der Waals surface area contributed by atoms with Gasteiger partial charge in [0.2, 0.25) is 0 Å². The SMILES string of the molecule is COC(=O)c1ccc(N2C(=O)NC(=O)/C(=C\c3ccc(OCc4cccc(F)c4)cc3)C2=O)cc1. The van der Waals surface area contributed by atoms with E-state index in [-0.39, 0.29) is 29.2 Å².